The van der Waals surface area contributed by atoms with Gasteiger partial charge in [-0.1, -0.05) is 47.4 Å². The molecular formula is C24H27N5O12P2. The molecular weight excluding hydrogens is 612 g/mol. The molecule has 1 unspecified atom stereocenters. The lowest BCUT2D eigenvalue weighted by Gasteiger charge is -2.17. The number of phosphoric ester groups is 1. The van der Waals surface area contributed by atoms with E-state index in [-0.39, 0.29) is 23.7 Å². The van der Waals surface area contributed by atoms with Crippen LogP contribution in [0.5, 0.6) is 11.6 Å². The van der Waals surface area contributed by atoms with Crippen molar-refractivity contribution in [1.29, 1.82) is 0 Å². The number of ether oxygens (including phenoxy) is 2. The third-order valence-corrected chi connectivity index (χ3v) is 8.76. The molecule has 0 aliphatic carbocycles. The maximum absolute atomic E-state index is 13.0. The van der Waals surface area contributed by atoms with Crippen LogP contribution < -0.4 is 20.1 Å². The topological polar surface area (TPSA) is 256 Å². The van der Waals surface area contributed by atoms with Gasteiger partial charge in [-0.3, -0.25) is 9.09 Å². The number of imidazole rings is 1. The third kappa shape index (κ3) is 6.71. The number of hydrogen-bond donors (Lipinski definition) is 6. The Labute approximate surface area is 243 Å². The van der Waals surface area contributed by atoms with Crippen molar-refractivity contribution in [2.75, 3.05) is 19.5 Å². The Morgan fingerprint density at radius 1 is 1.07 bits per heavy atom. The van der Waals surface area contributed by atoms with Crippen molar-refractivity contribution in [3.05, 3.63) is 60.4 Å². The van der Waals surface area contributed by atoms with Crippen molar-refractivity contribution >= 4 is 32.8 Å². The van der Waals surface area contributed by atoms with Crippen LogP contribution in [-0.4, -0.2) is 71.5 Å². The van der Waals surface area contributed by atoms with E-state index in [4.69, 9.17) is 25.0 Å². The molecule has 19 heteroatoms. The van der Waals surface area contributed by atoms with Gasteiger partial charge in [0.25, 0.3) is 5.95 Å². The number of aliphatic hydroxyl groups is 2. The summed E-state index contributed by atoms with van der Waals surface area (Å²) in [6.07, 6.45) is -4.87. The number of fused-ring (bicyclic) bond motifs is 1. The Morgan fingerprint density at radius 3 is 2.47 bits per heavy atom. The zero-order valence-corrected chi connectivity index (χ0v) is 24.1. The second-order valence-corrected chi connectivity index (χ2v) is 12.3. The Balaban J connectivity index is 1.46. The number of methoxy groups -OCH3 is 1. The lowest BCUT2D eigenvalue weighted by Crippen LogP contribution is -2.46. The first-order chi connectivity index (χ1) is 20.3. The SMILES string of the molecule is COc1cc(-c2ccccc2)ccc1Cn1c[n+]([C@@H]2O[C@H](COP(=O)(O)OP(=O)(O)O)[C@@H](O)[C@H]2O)c2nc(N)nc([O-])c21. The summed E-state index contributed by atoms with van der Waals surface area (Å²) < 4.78 is 45.0. The Kier molecular flexibility index (Phi) is 8.57. The summed E-state index contributed by atoms with van der Waals surface area (Å²) in [6, 6.07) is 15.2. The van der Waals surface area contributed by atoms with Crippen LogP contribution >= 0.6 is 15.6 Å². The average Bonchev–Trinajstić information content (AvgIpc) is 3.43. The van der Waals surface area contributed by atoms with Crippen molar-refractivity contribution in [3.63, 3.8) is 0 Å². The van der Waals surface area contributed by atoms with Gasteiger partial charge in [-0.15, -0.1) is 0 Å². The molecule has 5 rings (SSSR count). The number of aliphatic hydroxyl groups excluding tert-OH is 2. The minimum absolute atomic E-state index is 0.0108. The maximum atomic E-state index is 13.0. The zero-order valence-electron chi connectivity index (χ0n) is 22.3. The number of nitrogens with two attached hydrogens (primary N) is 1. The van der Waals surface area contributed by atoms with E-state index in [1.54, 1.807) is 0 Å². The molecule has 1 aliphatic rings. The number of anilines is 1. The van der Waals surface area contributed by atoms with E-state index >= 15 is 0 Å². The molecule has 43 heavy (non-hydrogen) atoms. The van der Waals surface area contributed by atoms with Crippen molar-refractivity contribution in [2.45, 2.75) is 31.1 Å². The molecule has 0 spiro atoms. The van der Waals surface area contributed by atoms with Crippen molar-refractivity contribution < 1.29 is 62.0 Å². The molecule has 3 heterocycles. The molecule has 230 valence electrons. The maximum Gasteiger partial charge on any atom is 0.481 e. The van der Waals surface area contributed by atoms with Crippen molar-refractivity contribution in [3.8, 4) is 22.8 Å². The quantitative estimate of drug-likeness (QED) is 0.0982. The molecule has 17 nitrogen and oxygen atoms in total. The average molecular weight is 639 g/mol. The van der Waals surface area contributed by atoms with Crippen molar-refractivity contribution in [1.82, 2.24) is 14.5 Å². The van der Waals surface area contributed by atoms with Gasteiger partial charge in [0.15, 0.2) is 11.8 Å². The fraction of sp³-hybridized carbons (Fsp3) is 0.292. The second kappa shape index (κ2) is 11.9. The number of nitrogens with zero attached hydrogens (tertiary/aromatic N) is 4. The molecule has 5 atom stereocenters. The highest BCUT2D eigenvalue weighted by Gasteiger charge is 2.48. The van der Waals surface area contributed by atoms with Gasteiger partial charge >= 0.3 is 21.3 Å². The number of benzene rings is 2. The normalized spacial score (nSPS) is 22.1. The number of aromatic nitrogens is 4. The summed E-state index contributed by atoms with van der Waals surface area (Å²) in [4.78, 5) is 34.9. The standard InChI is InChI=1S/C24H27N5O12P2/c1-38-16-9-14(13-5-3-2-4-6-13)7-8-15(16)10-28-12-29(21-18(28)22(32)27-24(25)26-21)23-20(31)19(30)17(40-23)11-39-43(36,37)41-42(33,34)35/h2-9,12,17,19-20,23,30-31H,10-11H2,1H3,(H5-,25,26,27,32,33,34,35,36,37)/t17-,19-,20-,23-/m1/s1. The van der Waals surface area contributed by atoms with Gasteiger partial charge in [0.2, 0.25) is 6.23 Å². The number of nitrogen functional groups attached to an aromatic ring is 1. The largest absolute Gasteiger partial charge is 0.856 e. The highest BCUT2D eigenvalue weighted by atomic mass is 31.3. The number of hydrogen-bond acceptors (Lipinski definition) is 12. The van der Waals surface area contributed by atoms with E-state index in [0.29, 0.717) is 11.3 Å². The number of rotatable bonds is 10. The first-order valence-corrected chi connectivity index (χ1v) is 15.5. The van der Waals surface area contributed by atoms with Gasteiger partial charge in [0.1, 0.15) is 24.1 Å². The van der Waals surface area contributed by atoms with Gasteiger partial charge < -0.3 is 45.2 Å². The summed E-state index contributed by atoms with van der Waals surface area (Å²) in [5.74, 6) is -0.573. The monoisotopic (exact) mass is 639 g/mol. The van der Waals surface area contributed by atoms with E-state index < -0.39 is 52.7 Å². The van der Waals surface area contributed by atoms with Crippen LogP contribution in [-0.2, 0) is 29.2 Å². The van der Waals surface area contributed by atoms with E-state index in [2.05, 4.69) is 18.8 Å². The van der Waals surface area contributed by atoms with E-state index in [9.17, 15) is 29.3 Å². The summed E-state index contributed by atoms with van der Waals surface area (Å²) in [6.45, 7) is -0.827. The molecule has 1 aliphatic heterocycles. The summed E-state index contributed by atoms with van der Waals surface area (Å²) in [5.41, 5.74) is 8.22. The van der Waals surface area contributed by atoms with Crippen LogP contribution in [0.2, 0.25) is 0 Å². The van der Waals surface area contributed by atoms with Gasteiger partial charge in [0.05, 0.1) is 20.3 Å². The highest BCUT2D eigenvalue weighted by molar-refractivity contribution is 7.60. The molecule has 0 saturated carbocycles. The summed E-state index contributed by atoms with van der Waals surface area (Å²) in [7, 11) is -9.14. The van der Waals surface area contributed by atoms with Gasteiger partial charge in [-0.05, 0) is 17.2 Å². The van der Waals surface area contributed by atoms with E-state index in [0.717, 1.165) is 11.1 Å². The third-order valence-electron chi connectivity index (χ3n) is 6.60. The van der Waals surface area contributed by atoms with Crippen LogP contribution in [0.3, 0.4) is 0 Å². The van der Waals surface area contributed by atoms with Gasteiger partial charge in [0, 0.05) is 11.4 Å². The van der Waals surface area contributed by atoms with Crippen LogP contribution in [0.15, 0.2) is 54.9 Å². The second-order valence-electron chi connectivity index (χ2n) is 9.49. The predicted octanol–water partition coefficient (Wildman–Crippen LogP) is -0.0560. The molecule has 1 fully saturated rings. The molecule has 2 aromatic heterocycles. The van der Waals surface area contributed by atoms with Crippen LogP contribution in [0.25, 0.3) is 22.3 Å². The molecule has 0 radical (unpaired) electrons. The highest BCUT2D eigenvalue weighted by Crippen LogP contribution is 2.57. The first kappa shape index (κ1) is 31.0. The van der Waals surface area contributed by atoms with Crippen LogP contribution in [0.1, 0.15) is 11.8 Å². The molecule has 7 N–H and O–H groups in total. The van der Waals surface area contributed by atoms with Crippen molar-refractivity contribution in [2.24, 2.45) is 0 Å². The van der Waals surface area contributed by atoms with Crippen LogP contribution in [0.4, 0.5) is 5.95 Å². The minimum Gasteiger partial charge on any atom is -0.856 e. The number of phosphoric acid groups is 2. The fourth-order valence-corrected chi connectivity index (χ4v) is 6.33. The smallest absolute Gasteiger partial charge is 0.481 e. The lowest BCUT2D eigenvalue weighted by molar-refractivity contribution is -0.745. The van der Waals surface area contributed by atoms with E-state index in [1.807, 2.05) is 48.5 Å². The predicted molar refractivity (Wildman–Crippen MR) is 144 cm³/mol. The Hall–Kier alpha value is -3.47. The van der Waals surface area contributed by atoms with Gasteiger partial charge in [-0.2, -0.15) is 4.31 Å². The minimum atomic E-state index is -5.39. The van der Waals surface area contributed by atoms with Gasteiger partial charge in [-0.25, -0.2) is 18.7 Å². The zero-order chi connectivity index (χ0) is 31.1. The fourth-order valence-electron chi connectivity index (χ4n) is 4.73. The molecule has 2 aromatic carbocycles. The van der Waals surface area contributed by atoms with E-state index in [1.165, 1.54) is 22.6 Å². The molecule has 4 aromatic rings. The first-order valence-electron chi connectivity index (χ1n) is 12.5. The Bertz CT molecular complexity index is 1730. The summed E-state index contributed by atoms with van der Waals surface area (Å²) in [5, 5.41) is 34.3. The summed E-state index contributed by atoms with van der Waals surface area (Å²) >= 11 is 0. The molecule has 0 amide bonds. The molecule has 0 bridgehead atoms. The lowest BCUT2D eigenvalue weighted by atomic mass is 10.0. The van der Waals surface area contributed by atoms with Crippen LogP contribution in [0, 0.1) is 0 Å². The molecule has 1 saturated heterocycles. The Morgan fingerprint density at radius 2 is 1.79 bits per heavy atom.